The summed E-state index contributed by atoms with van der Waals surface area (Å²) < 4.78 is 15.6. The zero-order valence-corrected chi connectivity index (χ0v) is 10.0. The number of hydrogen-bond acceptors (Lipinski definition) is 6. The van der Waals surface area contributed by atoms with Crippen LogP contribution in [0.3, 0.4) is 0 Å². The molecule has 1 aliphatic rings. The van der Waals surface area contributed by atoms with Gasteiger partial charge < -0.3 is 24.6 Å². The molecule has 1 aromatic rings. The maximum absolute atomic E-state index is 11.3. The van der Waals surface area contributed by atoms with Crippen LogP contribution in [0.25, 0.3) is 0 Å². The molecule has 2 N–H and O–H groups in total. The molecule has 0 aliphatic carbocycles. The number of carbonyl (C=O) groups excluding carboxylic acids is 1. The van der Waals surface area contributed by atoms with Gasteiger partial charge in [-0.2, -0.15) is 5.26 Å². The summed E-state index contributed by atoms with van der Waals surface area (Å²) in [4.78, 5) is 11.3. The highest BCUT2D eigenvalue weighted by Crippen LogP contribution is 2.38. The molecule has 7 nitrogen and oxygen atoms in total. The number of aliphatic hydroxyl groups is 1. The van der Waals surface area contributed by atoms with E-state index in [9.17, 15) is 9.90 Å². The number of fused-ring (bicyclic) bond motifs is 1. The van der Waals surface area contributed by atoms with Gasteiger partial charge in [0.05, 0.1) is 12.7 Å². The first-order valence-electron chi connectivity index (χ1n) is 5.54. The molecule has 1 aliphatic heterocycles. The van der Waals surface area contributed by atoms with Gasteiger partial charge in [-0.25, -0.2) is 0 Å². The highest BCUT2D eigenvalue weighted by atomic mass is 16.7. The fraction of sp³-hybridized carbons (Fsp3) is 0.333. The Morgan fingerprint density at radius 2 is 2.21 bits per heavy atom. The van der Waals surface area contributed by atoms with Gasteiger partial charge in [-0.1, -0.05) is 0 Å². The van der Waals surface area contributed by atoms with E-state index < -0.39 is 5.91 Å². The summed E-state index contributed by atoms with van der Waals surface area (Å²) in [5, 5.41) is 19.9. The summed E-state index contributed by atoms with van der Waals surface area (Å²) in [6.07, 6.45) is 0. The third-order valence-corrected chi connectivity index (χ3v) is 2.45. The van der Waals surface area contributed by atoms with E-state index in [0.717, 1.165) is 0 Å². The first-order valence-corrected chi connectivity index (χ1v) is 5.54. The fourth-order valence-electron chi connectivity index (χ4n) is 1.56. The molecule has 0 atom stereocenters. The van der Waals surface area contributed by atoms with Crippen molar-refractivity contribution in [1.82, 2.24) is 5.32 Å². The van der Waals surface area contributed by atoms with Crippen LogP contribution in [0.1, 0.15) is 5.56 Å². The van der Waals surface area contributed by atoms with Crippen LogP contribution in [0.15, 0.2) is 12.1 Å². The molecule has 7 heteroatoms. The number of hydrogen-bond donors (Lipinski definition) is 2. The van der Waals surface area contributed by atoms with Gasteiger partial charge >= 0.3 is 0 Å². The monoisotopic (exact) mass is 264 g/mol. The van der Waals surface area contributed by atoms with Crippen molar-refractivity contribution < 1.29 is 24.1 Å². The number of nitrogens with one attached hydrogen (secondary N) is 1. The topological polar surface area (TPSA) is 101 Å². The summed E-state index contributed by atoms with van der Waals surface area (Å²) >= 11 is 0. The fourth-order valence-corrected chi connectivity index (χ4v) is 1.56. The molecule has 0 bridgehead atoms. The lowest BCUT2D eigenvalue weighted by Crippen LogP contribution is -2.29. The Morgan fingerprint density at radius 1 is 1.47 bits per heavy atom. The maximum Gasteiger partial charge on any atom is 0.258 e. The normalized spacial score (nSPS) is 11.8. The van der Waals surface area contributed by atoms with Gasteiger partial charge in [0.15, 0.2) is 18.1 Å². The quantitative estimate of drug-likeness (QED) is 0.722. The van der Waals surface area contributed by atoms with Gasteiger partial charge in [0.25, 0.3) is 5.91 Å². The number of aliphatic hydroxyl groups excluding tert-OH is 1. The van der Waals surface area contributed by atoms with E-state index >= 15 is 0 Å². The van der Waals surface area contributed by atoms with Crippen molar-refractivity contribution in [3.05, 3.63) is 17.7 Å². The SMILES string of the molecule is N#CCNC(=O)COc1cc2c(cc1CO)OCO2. The molecule has 2 rings (SSSR count). The van der Waals surface area contributed by atoms with E-state index in [0.29, 0.717) is 22.8 Å². The highest BCUT2D eigenvalue weighted by Gasteiger charge is 2.18. The number of amides is 1. The van der Waals surface area contributed by atoms with Gasteiger partial charge in [-0.15, -0.1) is 0 Å². The van der Waals surface area contributed by atoms with Crippen LogP contribution >= 0.6 is 0 Å². The first-order chi connectivity index (χ1) is 9.24. The smallest absolute Gasteiger partial charge is 0.258 e. The summed E-state index contributed by atoms with van der Waals surface area (Å²) in [6, 6.07) is 4.95. The maximum atomic E-state index is 11.3. The second kappa shape index (κ2) is 5.93. The van der Waals surface area contributed by atoms with E-state index in [-0.39, 0.29) is 26.6 Å². The number of carbonyl (C=O) groups is 1. The Kier molecular flexibility index (Phi) is 4.05. The molecular formula is C12H12N2O5. The number of ether oxygens (including phenoxy) is 3. The summed E-state index contributed by atoms with van der Waals surface area (Å²) in [7, 11) is 0. The molecule has 19 heavy (non-hydrogen) atoms. The number of rotatable bonds is 5. The Labute approximate surface area is 109 Å². The second-order valence-corrected chi connectivity index (χ2v) is 3.69. The van der Waals surface area contributed by atoms with Crippen molar-refractivity contribution in [2.24, 2.45) is 0 Å². The largest absolute Gasteiger partial charge is 0.483 e. The predicted octanol–water partition coefficient (Wildman–Crippen LogP) is -0.0738. The molecule has 0 fully saturated rings. The van der Waals surface area contributed by atoms with Crippen molar-refractivity contribution in [1.29, 1.82) is 5.26 Å². The van der Waals surface area contributed by atoms with E-state index in [1.807, 2.05) is 0 Å². The zero-order valence-electron chi connectivity index (χ0n) is 10.0. The average Bonchev–Trinajstić information content (AvgIpc) is 2.88. The minimum Gasteiger partial charge on any atom is -0.483 e. The second-order valence-electron chi connectivity index (χ2n) is 3.69. The van der Waals surface area contributed by atoms with Crippen LogP contribution in [-0.4, -0.2) is 31.0 Å². The van der Waals surface area contributed by atoms with Crippen molar-refractivity contribution in [2.45, 2.75) is 6.61 Å². The predicted molar refractivity (Wildman–Crippen MR) is 62.6 cm³/mol. The van der Waals surface area contributed by atoms with Crippen LogP contribution in [-0.2, 0) is 11.4 Å². The molecule has 1 amide bonds. The van der Waals surface area contributed by atoms with Gasteiger partial charge in [0, 0.05) is 11.6 Å². The molecule has 0 spiro atoms. The van der Waals surface area contributed by atoms with E-state index in [2.05, 4.69) is 5.32 Å². The minimum atomic E-state index is -0.414. The van der Waals surface area contributed by atoms with Gasteiger partial charge in [-0.3, -0.25) is 4.79 Å². The molecule has 0 saturated carbocycles. The number of benzene rings is 1. The van der Waals surface area contributed by atoms with Crippen LogP contribution in [0, 0.1) is 11.3 Å². The number of nitriles is 1. The lowest BCUT2D eigenvalue weighted by atomic mass is 10.2. The van der Waals surface area contributed by atoms with Gasteiger partial charge in [0.1, 0.15) is 12.3 Å². The zero-order chi connectivity index (χ0) is 13.7. The molecule has 0 radical (unpaired) electrons. The van der Waals surface area contributed by atoms with E-state index in [1.165, 1.54) is 0 Å². The molecular weight excluding hydrogens is 252 g/mol. The Hall–Kier alpha value is -2.46. The molecule has 100 valence electrons. The molecule has 1 heterocycles. The molecule has 0 saturated heterocycles. The lowest BCUT2D eigenvalue weighted by Gasteiger charge is -2.10. The van der Waals surface area contributed by atoms with Crippen molar-refractivity contribution in [2.75, 3.05) is 19.9 Å². The van der Waals surface area contributed by atoms with Gasteiger partial charge in [0.2, 0.25) is 6.79 Å². The molecule has 0 aromatic heterocycles. The van der Waals surface area contributed by atoms with E-state index in [1.54, 1.807) is 18.2 Å². The highest BCUT2D eigenvalue weighted by molar-refractivity contribution is 5.77. The third-order valence-electron chi connectivity index (χ3n) is 2.45. The minimum absolute atomic E-state index is 0.0732. The van der Waals surface area contributed by atoms with Crippen LogP contribution < -0.4 is 19.5 Å². The van der Waals surface area contributed by atoms with Crippen LogP contribution in [0.4, 0.5) is 0 Å². The summed E-state index contributed by atoms with van der Waals surface area (Å²) in [6.45, 7) is -0.442. The van der Waals surface area contributed by atoms with Crippen molar-refractivity contribution >= 4 is 5.91 Å². The van der Waals surface area contributed by atoms with E-state index in [4.69, 9.17) is 19.5 Å². The van der Waals surface area contributed by atoms with Crippen molar-refractivity contribution in [3.63, 3.8) is 0 Å². The molecule has 0 unspecified atom stereocenters. The first kappa shape index (κ1) is 13.0. The Balaban J connectivity index is 2.03. The van der Waals surface area contributed by atoms with Gasteiger partial charge in [-0.05, 0) is 6.07 Å². The Bertz CT molecular complexity index is 524. The van der Waals surface area contributed by atoms with Crippen LogP contribution in [0.5, 0.6) is 17.2 Å². The lowest BCUT2D eigenvalue weighted by molar-refractivity contribution is -0.122. The summed E-state index contributed by atoms with van der Waals surface area (Å²) in [5.41, 5.74) is 0.498. The number of nitrogens with zero attached hydrogens (tertiary/aromatic N) is 1. The standard InChI is InChI=1S/C12H12N2O5/c13-1-2-14-12(16)6-17-9-4-11-10(18-7-19-11)3-8(9)5-15/h3-4,15H,2,5-7H2,(H,14,16). The van der Waals surface area contributed by atoms with Crippen LogP contribution in [0.2, 0.25) is 0 Å². The Morgan fingerprint density at radius 3 is 2.89 bits per heavy atom. The molecule has 1 aromatic carbocycles. The average molecular weight is 264 g/mol. The summed E-state index contributed by atoms with van der Waals surface area (Å²) in [5.74, 6) is 0.969. The van der Waals surface area contributed by atoms with Crippen molar-refractivity contribution in [3.8, 4) is 23.3 Å². The third kappa shape index (κ3) is 3.05.